The quantitative estimate of drug-likeness (QED) is 0.897. The highest BCUT2D eigenvalue weighted by Gasteiger charge is 2.18. The number of rotatable bonds is 4. The number of phenolic OH excluding ortho intramolecular Hbond substituents is 1. The lowest BCUT2D eigenvalue weighted by Gasteiger charge is -2.17. The van der Waals surface area contributed by atoms with E-state index in [0.29, 0.717) is 21.5 Å². The Labute approximate surface area is 125 Å². The van der Waals surface area contributed by atoms with Gasteiger partial charge in [0.05, 0.1) is 25.3 Å². The first-order valence-corrected chi connectivity index (χ1v) is 6.75. The normalized spacial score (nSPS) is 10.4. The number of methoxy groups -OCH3 is 2. The molecule has 0 atom stereocenters. The second-order valence-electron chi connectivity index (χ2n) is 4.16. The molecule has 2 N–H and O–H groups in total. The SMILES string of the molecule is COc1cc(-c2ccc(O)cc2)c(OC)c(CO)c1Br. The molecule has 2 rings (SSSR count). The maximum Gasteiger partial charge on any atom is 0.134 e. The number of benzene rings is 2. The Balaban J connectivity index is 2.70. The highest BCUT2D eigenvalue weighted by atomic mass is 79.9. The third-order valence-electron chi connectivity index (χ3n) is 3.04. The topological polar surface area (TPSA) is 58.9 Å². The fourth-order valence-electron chi connectivity index (χ4n) is 2.05. The van der Waals surface area contributed by atoms with Crippen LogP contribution in [0.1, 0.15) is 5.56 Å². The molecule has 0 amide bonds. The van der Waals surface area contributed by atoms with Gasteiger partial charge in [0, 0.05) is 11.1 Å². The average molecular weight is 339 g/mol. The van der Waals surface area contributed by atoms with Gasteiger partial charge in [-0.2, -0.15) is 0 Å². The molecule has 0 heterocycles. The van der Waals surface area contributed by atoms with Crippen molar-refractivity contribution in [3.05, 3.63) is 40.4 Å². The molecule has 0 aliphatic carbocycles. The van der Waals surface area contributed by atoms with E-state index in [1.807, 2.05) is 6.07 Å². The van der Waals surface area contributed by atoms with Crippen LogP contribution >= 0.6 is 15.9 Å². The molecular formula is C15H15BrO4. The van der Waals surface area contributed by atoms with Gasteiger partial charge in [0.15, 0.2) is 0 Å². The number of hydrogen-bond acceptors (Lipinski definition) is 4. The lowest BCUT2D eigenvalue weighted by Crippen LogP contribution is -1.99. The minimum absolute atomic E-state index is 0.175. The number of aliphatic hydroxyl groups is 1. The van der Waals surface area contributed by atoms with Crippen LogP contribution in [0.15, 0.2) is 34.8 Å². The monoisotopic (exact) mass is 338 g/mol. The van der Waals surface area contributed by atoms with Gasteiger partial charge in [-0.1, -0.05) is 12.1 Å². The van der Waals surface area contributed by atoms with Crippen molar-refractivity contribution in [3.8, 4) is 28.4 Å². The molecular weight excluding hydrogens is 324 g/mol. The van der Waals surface area contributed by atoms with Crippen LogP contribution in [-0.4, -0.2) is 24.4 Å². The molecule has 0 aliphatic heterocycles. The fraction of sp³-hybridized carbons (Fsp3) is 0.200. The second kappa shape index (κ2) is 6.15. The van der Waals surface area contributed by atoms with Crippen LogP contribution in [0.5, 0.6) is 17.2 Å². The standard InChI is InChI=1S/C15H15BrO4/c1-19-13-7-11(9-3-5-10(18)6-4-9)15(20-2)12(8-17)14(13)16/h3-7,17-18H,8H2,1-2H3. The maximum atomic E-state index is 9.56. The summed E-state index contributed by atoms with van der Waals surface area (Å²) in [6.07, 6.45) is 0. The van der Waals surface area contributed by atoms with Crippen molar-refractivity contribution < 1.29 is 19.7 Å². The summed E-state index contributed by atoms with van der Waals surface area (Å²) in [4.78, 5) is 0. The van der Waals surface area contributed by atoms with Crippen molar-refractivity contribution in [2.75, 3.05) is 14.2 Å². The van der Waals surface area contributed by atoms with Crippen molar-refractivity contribution in [1.29, 1.82) is 0 Å². The smallest absolute Gasteiger partial charge is 0.134 e. The van der Waals surface area contributed by atoms with Gasteiger partial charge in [-0.05, 0) is 39.7 Å². The number of aliphatic hydroxyl groups excluding tert-OH is 1. The summed E-state index contributed by atoms with van der Waals surface area (Å²) in [6.45, 7) is -0.175. The molecule has 0 spiro atoms. The summed E-state index contributed by atoms with van der Waals surface area (Å²) in [5, 5.41) is 18.9. The molecule has 2 aromatic rings. The molecule has 20 heavy (non-hydrogen) atoms. The third-order valence-corrected chi connectivity index (χ3v) is 3.91. The van der Waals surface area contributed by atoms with Crippen molar-refractivity contribution in [2.24, 2.45) is 0 Å². The first-order valence-electron chi connectivity index (χ1n) is 5.96. The summed E-state index contributed by atoms with van der Waals surface area (Å²) in [6, 6.07) is 8.58. The number of aromatic hydroxyl groups is 1. The Hall–Kier alpha value is -1.72. The number of phenols is 1. The van der Waals surface area contributed by atoms with Crippen LogP contribution in [0.25, 0.3) is 11.1 Å². The molecule has 0 saturated heterocycles. The lowest BCUT2D eigenvalue weighted by molar-refractivity contribution is 0.272. The van der Waals surface area contributed by atoms with Gasteiger partial charge in [-0.15, -0.1) is 0 Å². The van der Waals surface area contributed by atoms with E-state index in [-0.39, 0.29) is 12.4 Å². The van der Waals surface area contributed by atoms with E-state index >= 15 is 0 Å². The minimum Gasteiger partial charge on any atom is -0.508 e. The van der Waals surface area contributed by atoms with Gasteiger partial charge in [0.25, 0.3) is 0 Å². The van der Waals surface area contributed by atoms with Gasteiger partial charge in [0.1, 0.15) is 17.2 Å². The van der Waals surface area contributed by atoms with Gasteiger partial charge < -0.3 is 19.7 Å². The Bertz CT molecular complexity index is 608. The summed E-state index contributed by atoms with van der Waals surface area (Å²) in [7, 11) is 3.12. The number of hydrogen-bond donors (Lipinski definition) is 2. The molecule has 0 bridgehead atoms. The first kappa shape index (κ1) is 14.7. The van der Waals surface area contributed by atoms with Gasteiger partial charge in [-0.3, -0.25) is 0 Å². The maximum absolute atomic E-state index is 9.56. The van der Waals surface area contributed by atoms with Gasteiger partial charge in [0.2, 0.25) is 0 Å². The van der Waals surface area contributed by atoms with E-state index in [2.05, 4.69) is 15.9 Å². The lowest BCUT2D eigenvalue weighted by atomic mass is 10.0. The molecule has 5 heteroatoms. The zero-order valence-corrected chi connectivity index (χ0v) is 12.8. The number of ether oxygens (including phenoxy) is 2. The van der Waals surface area contributed by atoms with Crippen molar-refractivity contribution in [1.82, 2.24) is 0 Å². The van der Waals surface area contributed by atoms with Crippen LogP contribution in [0.3, 0.4) is 0 Å². The Morgan fingerprint density at radius 2 is 1.75 bits per heavy atom. The largest absolute Gasteiger partial charge is 0.508 e. The van der Waals surface area contributed by atoms with Crippen LogP contribution in [0.4, 0.5) is 0 Å². The predicted molar refractivity (Wildman–Crippen MR) is 80.3 cm³/mol. The average Bonchev–Trinajstić information content (AvgIpc) is 2.47. The van der Waals surface area contributed by atoms with Gasteiger partial charge >= 0.3 is 0 Å². The van der Waals surface area contributed by atoms with Crippen molar-refractivity contribution in [2.45, 2.75) is 6.61 Å². The molecule has 0 radical (unpaired) electrons. The molecule has 0 fully saturated rings. The molecule has 0 aromatic heterocycles. The molecule has 0 aliphatic rings. The first-order chi connectivity index (χ1) is 9.62. The second-order valence-corrected chi connectivity index (χ2v) is 4.95. The summed E-state index contributed by atoms with van der Waals surface area (Å²) in [5.74, 6) is 1.38. The number of halogens is 1. The molecule has 0 saturated carbocycles. The predicted octanol–water partition coefficient (Wildman–Crippen LogP) is 3.33. The molecule has 2 aromatic carbocycles. The summed E-state index contributed by atoms with van der Waals surface area (Å²) < 4.78 is 11.4. The highest BCUT2D eigenvalue weighted by molar-refractivity contribution is 9.10. The molecule has 0 unspecified atom stereocenters. The van der Waals surface area contributed by atoms with Crippen molar-refractivity contribution >= 4 is 15.9 Å². The van der Waals surface area contributed by atoms with Crippen LogP contribution in [0, 0.1) is 0 Å². The Morgan fingerprint density at radius 3 is 2.25 bits per heavy atom. The summed E-state index contributed by atoms with van der Waals surface area (Å²) in [5.41, 5.74) is 2.27. The van der Waals surface area contributed by atoms with Crippen LogP contribution < -0.4 is 9.47 Å². The zero-order valence-electron chi connectivity index (χ0n) is 11.2. The summed E-state index contributed by atoms with van der Waals surface area (Å²) >= 11 is 3.41. The Kier molecular flexibility index (Phi) is 4.52. The van der Waals surface area contributed by atoms with Gasteiger partial charge in [-0.25, -0.2) is 0 Å². The Morgan fingerprint density at radius 1 is 1.10 bits per heavy atom. The van der Waals surface area contributed by atoms with Crippen LogP contribution in [0.2, 0.25) is 0 Å². The van der Waals surface area contributed by atoms with E-state index < -0.39 is 0 Å². The van der Waals surface area contributed by atoms with E-state index in [4.69, 9.17) is 9.47 Å². The minimum atomic E-state index is -0.175. The highest BCUT2D eigenvalue weighted by Crippen LogP contribution is 2.43. The fourth-order valence-corrected chi connectivity index (χ4v) is 2.63. The molecule has 106 valence electrons. The van der Waals surface area contributed by atoms with E-state index in [0.717, 1.165) is 11.1 Å². The third kappa shape index (κ3) is 2.59. The zero-order chi connectivity index (χ0) is 14.7. The van der Waals surface area contributed by atoms with Crippen molar-refractivity contribution in [3.63, 3.8) is 0 Å². The van der Waals surface area contributed by atoms with E-state index in [1.54, 1.807) is 38.5 Å². The van der Waals surface area contributed by atoms with E-state index in [9.17, 15) is 10.2 Å². The molecule has 4 nitrogen and oxygen atoms in total. The van der Waals surface area contributed by atoms with E-state index in [1.165, 1.54) is 0 Å². The van der Waals surface area contributed by atoms with Crippen LogP contribution in [-0.2, 0) is 6.61 Å².